The number of benzene rings is 2. The fourth-order valence-electron chi connectivity index (χ4n) is 3.57. The zero-order valence-corrected chi connectivity index (χ0v) is 18.7. The highest BCUT2D eigenvalue weighted by molar-refractivity contribution is 5.96. The van der Waals surface area contributed by atoms with Gasteiger partial charge in [0, 0.05) is 34.6 Å². The van der Waals surface area contributed by atoms with Gasteiger partial charge in [-0.25, -0.2) is 0 Å². The third kappa shape index (κ3) is 7.11. The number of anilines is 3. The molecule has 7 heteroatoms. The van der Waals surface area contributed by atoms with Crippen LogP contribution in [0.2, 0.25) is 0 Å². The predicted molar refractivity (Wildman–Crippen MR) is 128 cm³/mol. The summed E-state index contributed by atoms with van der Waals surface area (Å²) in [5.41, 5.74) is 2.72. The van der Waals surface area contributed by atoms with Crippen LogP contribution < -0.4 is 21.3 Å². The summed E-state index contributed by atoms with van der Waals surface area (Å²) in [6, 6.07) is 14.4. The van der Waals surface area contributed by atoms with Crippen molar-refractivity contribution >= 4 is 34.8 Å². The van der Waals surface area contributed by atoms with E-state index in [-0.39, 0.29) is 36.2 Å². The standard InChI is InChI=1S/C25H32N4O3/c1-17(2)24(31)28-22-14-12-21(13-15-22)27-23(30)16-26-19-10-8-18(9-11-19)25(32)29-20-6-4-3-5-7-20/h8-15,17,20,26H,3-7,16H2,1-2H3,(H,27,30)(H,28,31)(H,29,32). The van der Waals surface area contributed by atoms with Gasteiger partial charge in [-0.15, -0.1) is 0 Å². The van der Waals surface area contributed by atoms with Crippen molar-refractivity contribution < 1.29 is 14.4 Å². The maximum atomic E-state index is 12.4. The summed E-state index contributed by atoms with van der Waals surface area (Å²) in [4.78, 5) is 36.3. The largest absolute Gasteiger partial charge is 0.376 e. The maximum Gasteiger partial charge on any atom is 0.251 e. The van der Waals surface area contributed by atoms with Crippen molar-refractivity contribution in [2.75, 3.05) is 22.5 Å². The minimum absolute atomic E-state index is 0.0470. The Balaban J connectivity index is 1.43. The van der Waals surface area contributed by atoms with Gasteiger partial charge in [-0.1, -0.05) is 33.1 Å². The number of rotatable bonds is 8. The van der Waals surface area contributed by atoms with E-state index in [2.05, 4.69) is 21.3 Å². The summed E-state index contributed by atoms with van der Waals surface area (Å²) in [7, 11) is 0. The van der Waals surface area contributed by atoms with E-state index in [4.69, 9.17) is 0 Å². The van der Waals surface area contributed by atoms with Crippen molar-refractivity contribution in [2.45, 2.75) is 52.0 Å². The molecule has 0 atom stereocenters. The summed E-state index contributed by atoms with van der Waals surface area (Å²) in [6.07, 6.45) is 5.71. The molecule has 32 heavy (non-hydrogen) atoms. The average Bonchev–Trinajstić information content (AvgIpc) is 2.80. The SMILES string of the molecule is CC(C)C(=O)Nc1ccc(NC(=O)CNc2ccc(C(=O)NC3CCCCC3)cc2)cc1. The summed E-state index contributed by atoms with van der Waals surface area (Å²) >= 11 is 0. The first-order valence-corrected chi connectivity index (χ1v) is 11.3. The Hall–Kier alpha value is -3.35. The van der Waals surface area contributed by atoms with Crippen LogP contribution in [0.1, 0.15) is 56.3 Å². The Morgan fingerprint density at radius 3 is 1.97 bits per heavy atom. The highest BCUT2D eigenvalue weighted by Crippen LogP contribution is 2.18. The van der Waals surface area contributed by atoms with E-state index >= 15 is 0 Å². The zero-order valence-electron chi connectivity index (χ0n) is 18.7. The van der Waals surface area contributed by atoms with E-state index in [1.165, 1.54) is 19.3 Å². The van der Waals surface area contributed by atoms with Crippen molar-refractivity contribution in [1.29, 1.82) is 0 Å². The van der Waals surface area contributed by atoms with Crippen LogP contribution in [0.3, 0.4) is 0 Å². The van der Waals surface area contributed by atoms with E-state index in [9.17, 15) is 14.4 Å². The molecule has 0 spiro atoms. The number of hydrogen-bond acceptors (Lipinski definition) is 4. The van der Waals surface area contributed by atoms with Crippen molar-refractivity contribution in [3.05, 3.63) is 54.1 Å². The first kappa shape index (κ1) is 23.3. The highest BCUT2D eigenvalue weighted by atomic mass is 16.2. The minimum atomic E-state index is -0.192. The zero-order chi connectivity index (χ0) is 22.9. The molecule has 3 rings (SSSR count). The van der Waals surface area contributed by atoms with E-state index < -0.39 is 0 Å². The molecule has 0 unspecified atom stereocenters. The van der Waals surface area contributed by atoms with Gasteiger partial charge in [0.05, 0.1) is 6.54 Å². The Labute approximate surface area is 189 Å². The number of carbonyl (C=O) groups excluding carboxylic acids is 3. The Kier molecular flexibility index (Phi) is 8.25. The van der Waals surface area contributed by atoms with Gasteiger partial charge in [0.25, 0.3) is 5.91 Å². The number of hydrogen-bond donors (Lipinski definition) is 4. The Morgan fingerprint density at radius 1 is 0.812 bits per heavy atom. The van der Waals surface area contributed by atoms with Crippen LogP contribution in [-0.2, 0) is 9.59 Å². The monoisotopic (exact) mass is 436 g/mol. The van der Waals surface area contributed by atoms with Crippen molar-refractivity contribution in [2.24, 2.45) is 5.92 Å². The average molecular weight is 437 g/mol. The lowest BCUT2D eigenvalue weighted by molar-refractivity contribution is -0.119. The fraction of sp³-hybridized carbons (Fsp3) is 0.400. The molecule has 0 bridgehead atoms. The molecule has 0 radical (unpaired) electrons. The van der Waals surface area contributed by atoms with Crippen LogP contribution in [0, 0.1) is 5.92 Å². The van der Waals surface area contributed by atoms with E-state index in [1.807, 2.05) is 13.8 Å². The fourth-order valence-corrected chi connectivity index (χ4v) is 3.57. The molecule has 0 aliphatic heterocycles. The second-order valence-corrected chi connectivity index (χ2v) is 8.51. The summed E-state index contributed by atoms with van der Waals surface area (Å²) < 4.78 is 0. The second kappa shape index (κ2) is 11.3. The molecule has 1 aliphatic rings. The molecule has 1 saturated carbocycles. The summed E-state index contributed by atoms with van der Waals surface area (Å²) in [6.45, 7) is 3.76. The predicted octanol–water partition coefficient (Wildman–Crippen LogP) is 4.39. The van der Waals surface area contributed by atoms with Gasteiger partial charge in [-0.3, -0.25) is 14.4 Å². The molecule has 2 aromatic rings. The van der Waals surface area contributed by atoms with Crippen LogP contribution in [0.15, 0.2) is 48.5 Å². The van der Waals surface area contributed by atoms with E-state index in [0.29, 0.717) is 16.9 Å². The Bertz CT molecular complexity index is 917. The van der Waals surface area contributed by atoms with Crippen LogP contribution in [0.25, 0.3) is 0 Å². The van der Waals surface area contributed by atoms with E-state index in [1.54, 1.807) is 48.5 Å². The number of nitrogens with one attached hydrogen (secondary N) is 4. The molecule has 170 valence electrons. The molecular weight excluding hydrogens is 404 g/mol. The number of carbonyl (C=O) groups is 3. The van der Waals surface area contributed by atoms with Crippen LogP contribution in [0.4, 0.5) is 17.1 Å². The van der Waals surface area contributed by atoms with Gasteiger partial charge >= 0.3 is 0 Å². The third-order valence-corrected chi connectivity index (χ3v) is 5.50. The molecule has 4 N–H and O–H groups in total. The Morgan fingerprint density at radius 2 is 1.38 bits per heavy atom. The lowest BCUT2D eigenvalue weighted by atomic mass is 9.95. The quantitative estimate of drug-likeness (QED) is 0.493. The molecule has 3 amide bonds. The first-order chi connectivity index (χ1) is 15.4. The van der Waals surface area contributed by atoms with Gasteiger partial charge in [0.1, 0.15) is 0 Å². The molecule has 7 nitrogen and oxygen atoms in total. The van der Waals surface area contributed by atoms with E-state index in [0.717, 1.165) is 18.5 Å². The molecule has 2 aromatic carbocycles. The summed E-state index contributed by atoms with van der Waals surface area (Å²) in [5.74, 6) is -0.387. The highest BCUT2D eigenvalue weighted by Gasteiger charge is 2.16. The molecule has 0 heterocycles. The molecular formula is C25H32N4O3. The lowest BCUT2D eigenvalue weighted by Gasteiger charge is -2.22. The van der Waals surface area contributed by atoms with Crippen molar-refractivity contribution in [1.82, 2.24) is 5.32 Å². The van der Waals surface area contributed by atoms with Crippen LogP contribution in [0.5, 0.6) is 0 Å². The third-order valence-electron chi connectivity index (χ3n) is 5.50. The van der Waals surface area contributed by atoms with Gasteiger partial charge in [0.15, 0.2) is 0 Å². The second-order valence-electron chi connectivity index (χ2n) is 8.51. The minimum Gasteiger partial charge on any atom is -0.376 e. The van der Waals surface area contributed by atoms with Gasteiger partial charge in [0.2, 0.25) is 11.8 Å². The number of amides is 3. The molecule has 0 aromatic heterocycles. The topological polar surface area (TPSA) is 99.3 Å². The summed E-state index contributed by atoms with van der Waals surface area (Å²) in [5, 5.41) is 11.8. The maximum absolute atomic E-state index is 12.4. The smallest absolute Gasteiger partial charge is 0.251 e. The molecule has 1 fully saturated rings. The van der Waals surface area contributed by atoms with Crippen LogP contribution >= 0.6 is 0 Å². The van der Waals surface area contributed by atoms with Crippen LogP contribution in [-0.4, -0.2) is 30.3 Å². The van der Waals surface area contributed by atoms with Crippen molar-refractivity contribution in [3.8, 4) is 0 Å². The molecule has 0 saturated heterocycles. The van der Waals surface area contributed by atoms with Gasteiger partial charge < -0.3 is 21.3 Å². The van der Waals surface area contributed by atoms with Gasteiger partial charge in [-0.2, -0.15) is 0 Å². The normalized spacial score (nSPS) is 14.0. The first-order valence-electron chi connectivity index (χ1n) is 11.3. The van der Waals surface area contributed by atoms with Crippen molar-refractivity contribution in [3.63, 3.8) is 0 Å². The van der Waals surface area contributed by atoms with Gasteiger partial charge in [-0.05, 0) is 61.4 Å². The lowest BCUT2D eigenvalue weighted by Crippen LogP contribution is -2.36. The molecule has 1 aliphatic carbocycles.